The van der Waals surface area contributed by atoms with Crippen LogP contribution in [0.3, 0.4) is 0 Å². The maximum atomic E-state index is 12.9. The van der Waals surface area contributed by atoms with Crippen molar-refractivity contribution in [2.75, 3.05) is 12.3 Å². The molecule has 2 rings (SSSR count). The third-order valence-corrected chi connectivity index (χ3v) is 4.01. The highest BCUT2D eigenvalue weighted by atomic mass is 35.5. The number of hydrogen-bond acceptors (Lipinski definition) is 6. The summed E-state index contributed by atoms with van der Waals surface area (Å²) in [5, 5.41) is 13.3. The van der Waals surface area contributed by atoms with E-state index >= 15 is 0 Å². The molecule has 1 heterocycles. The summed E-state index contributed by atoms with van der Waals surface area (Å²) in [5.74, 6) is -1.80. The summed E-state index contributed by atoms with van der Waals surface area (Å²) in [7, 11) is 0. The molecule has 0 unspecified atom stereocenters. The molecule has 0 spiro atoms. The molecule has 0 amide bonds. The van der Waals surface area contributed by atoms with Gasteiger partial charge in [-0.15, -0.1) is 5.10 Å². The number of hydrogen-bond donors (Lipinski definition) is 1. The van der Waals surface area contributed by atoms with E-state index < -0.39 is 49.9 Å². The fourth-order valence-electron chi connectivity index (χ4n) is 2.09. The number of esters is 1. The molecule has 1 aromatic carbocycles. The van der Waals surface area contributed by atoms with Gasteiger partial charge in [-0.25, -0.2) is 9.48 Å². The van der Waals surface area contributed by atoms with Gasteiger partial charge in [-0.2, -0.15) is 13.2 Å². The van der Waals surface area contributed by atoms with Crippen molar-refractivity contribution < 1.29 is 27.6 Å². The van der Waals surface area contributed by atoms with Crippen molar-refractivity contribution in [3.63, 3.8) is 0 Å². The Bertz CT molecular complexity index is 898. The number of nitrogen functional groups attached to an aromatic ring is 1. The number of nitro groups is 1. The van der Waals surface area contributed by atoms with Crippen molar-refractivity contribution in [3.8, 4) is 5.69 Å². The van der Waals surface area contributed by atoms with E-state index in [4.69, 9.17) is 33.7 Å². The van der Waals surface area contributed by atoms with Crippen molar-refractivity contribution >= 4 is 40.7 Å². The molecule has 0 aliphatic heterocycles. The molecule has 140 valence electrons. The van der Waals surface area contributed by atoms with Gasteiger partial charge in [0.05, 0.1) is 32.8 Å². The van der Waals surface area contributed by atoms with Crippen molar-refractivity contribution in [1.29, 1.82) is 0 Å². The van der Waals surface area contributed by atoms with Crippen molar-refractivity contribution in [2.45, 2.75) is 13.1 Å². The second-order valence-electron chi connectivity index (χ2n) is 4.73. The van der Waals surface area contributed by atoms with Gasteiger partial charge in [0.2, 0.25) is 11.5 Å². The first-order valence-electron chi connectivity index (χ1n) is 6.76. The molecular weight excluding hydrogens is 404 g/mol. The third-order valence-electron chi connectivity index (χ3n) is 3.13. The number of nitrogens with two attached hydrogens (primary N) is 1. The Morgan fingerprint density at radius 2 is 2.00 bits per heavy atom. The number of rotatable bonds is 4. The van der Waals surface area contributed by atoms with Crippen LogP contribution in [0.4, 0.5) is 24.7 Å². The average Bonchev–Trinajstić information content (AvgIpc) is 2.86. The highest BCUT2D eigenvalue weighted by Gasteiger charge is 2.37. The Morgan fingerprint density at radius 3 is 2.50 bits per heavy atom. The fourth-order valence-corrected chi connectivity index (χ4v) is 2.60. The number of anilines is 1. The summed E-state index contributed by atoms with van der Waals surface area (Å²) in [4.78, 5) is 22.3. The van der Waals surface area contributed by atoms with Crippen LogP contribution in [-0.4, -0.2) is 27.3 Å². The highest BCUT2D eigenvalue weighted by molar-refractivity contribution is 6.43. The number of halogens is 5. The Hall–Kier alpha value is -2.53. The monoisotopic (exact) mass is 412 g/mol. The minimum atomic E-state index is -4.78. The van der Waals surface area contributed by atoms with E-state index in [1.54, 1.807) is 0 Å². The fraction of sp³-hybridized carbons (Fsp3) is 0.231. The predicted octanol–water partition coefficient (Wildman–Crippen LogP) is 3.87. The maximum Gasteiger partial charge on any atom is 0.417 e. The first-order chi connectivity index (χ1) is 12.0. The van der Waals surface area contributed by atoms with Crippen molar-refractivity contribution in [1.82, 2.24) is 9.78 Å². The Morgan fingerprint density at radius 1 is 1.38 bits per heavy atom. The standard InChI is InChI=1S/C13H9Cl2F3N4O4/c1-2-26-12(23)10-9(22(24)25)11(19)20-21(10)6-4-3-5(13(16,17)18)7(14)8(6)15/h3-4H,2H2,1H3,(H2,19,20). The summed E-state index contributed by atoms with van der Waals surface area (Å²) < 4.78 is 44.0. The van der Waals surface area contributed by atoms with Crippen LogP contribution in [0.5, 0.6) is 0 Å². The molecule has 1 aromatic heterocycles. The summed E-state index contributed by atoms with van der Waals surface area (Å²) in [6, 6.07) is 1.46. The second kappa shape index (κ2) is 7.00. The zero-order valence-corrected chi connectivity index (χ0v) is 14.3. The number of aromatic nitrogens is 2. The van der Waals surface area contributed by atoms with E-state index in [2.05, 4.69) is 5.10 Å². The third kappa shape index (κ3) is 3.40. The van der Waals surface area contributed by atoms with Crippen LogP contribution in [0.2, 0.25) is 10.0 Å². The minimum absolute atomic E-state index is 0.122. The van der Waals surface area contributed by atoms with E-state index in [0.717, 1.165) is 6.07 Å². The number of carbonyl (C=O) groups excluding carboxylic acids is 1. The molecule has 0 aliphatic rings. The lowest BCUT2D eigenvalue weighted by Gasteiger charge is -2.13. The second-order valence-corrected chi connectivity index (χ2v) is 5.49. The quantitative estimate of drug-likeness (QED) is 0.463. The SMILES string of the molecule is CCOC(=O)c1c([N+](=O)[O-])c(N)nn1-c1ccc(C(F)(F)F)c(Cl)c1Cl. The summed E-state index contributed by atoms with van der Waals surface area (Å²) >= 11 is 11.5. The predicted molar refractivity (Wildman–Crippen MR) is 85.6 cm³/mol. The van der Waals surface area contributed by atoms with Crippen LogP contribution < -0.4 is 5.73 Å². The molecule has 13 heteroatoms. The first-order valence-corrected chi connectivity index (χ1v) is 7.51. The van der Waals surface area contributed by atoms with Gasteiger partial charge in [0.1, 0.15) is 0 Å². The van der Waals surface area contributed by atoms with Crippen molar-refractivity contribution in [2.24, 2.45) is 0 Å². The van der Waals surface area contributed by atoms with Crippen LogP contribution in [-0.2, 0) is 10.9 Å². The smallest absolute Gasteiger partial charge is 0.417 e. The normalized spacial score (nSPS) is 11.5. The highest BCUT2D eigenvalue weighted by Crippen LogP contribution is 2.41. The van der Waals surface area contributed by atoms with Gasteiger partial charge < -0.3 is 10.5 Å². The van der Waals surface area contributed by atoms with Gasteiger partial charge >= 0.3 is 17.8 Å². The zero-order valence-electron chi connectivity index (χ0n) is 12.8. The number of carbonyl (C=O) groups is 1. The van der Waals surface area contributed by atoms with Crippen molar-refractivity contribution in [3.05, 3.63) is 43.5 Å². The Kier molecular flexibility index (Phi) is 5.33. The first kappa shape index (κ1) is 19.8. The molecule has 2 N–H and O–H groups in total. The lowest BCUT2D eigenvalue weighted by atomic mass is 10.2. The van der Waals surface area contributed by atoms with Crippen LogP contribution >= 0.6 is 23.2 Å². The molecule has 8 nitrogen and oxygen atoms in total. The number of benzene rings is 1. The summed E-state index contributed by atoms with van der Waals surface area (Å²) in [6.45, 7) is 1.33. The topological polar surface area (TPSA) is 113 Å². The van der Waals surface area contributed by atoms with E-state index in [0.29, 0.717) is 10.7 Å². The van der Waals surface area contributed by atoms with E-state index in [-0.39, 0.29) is 12.3 Å². The van der Waals surface area contributed by atoms with E-state index in [1.165, 1.54) is 6.92 Å². The molecular formula is C13H9Cl2F3N4O4. The number of nitrogens with zero attached hydrogens (tertiary/aromatic N) is 3. The Balaban J connectivity index is 2.77. The minimum Gasteiger partial charge on any atom is -0.461 e. The van der Waals surface area contributed by atoms with Gasteiger partial charge in [0.25, 0.3) is 0 Å². The van der Waals surface area contributed by atoms with Gasteiger partial charge in [0, 0.05) is 0 Å². The number of ether oxygens (including phenoxy) is 1. The average molecular weight is 413 g/mol. The van der Waals surface area contributed by atoms with Gasteiger partial charge in [-0.3, -0.25) is 10.1 Å². The Labute approximate surface area is 153 Å². The van der Waals surface area contributed by atoms with Gasteiger partial charge in [-0.05, 0) is 19.1 Å². The van der Waals surface area contributed by atoms with Crippen LogP contribution in [0.15, 0.2) is 12.1 Å². The zero-order chi connectivity index (χ0) is 19.8. The van der Waals surface area contributed by atoms with Crippen LogP contribution in [0.1, 0.15) is 23.0 Å². The maximum absolute atomic E-state index is 12.9. The molecule has 0 aliphatic carbocycles. The molecule has 0 saturated heterocycles. The summed E-state index contributed by atoms with van der Waals surface area (Å²) in [5.41, 5.74) is 2.36. The van der Waals surface area contributed by atoms with Crippen LogP contribution in [0.25, 0.3) is 5.69 Å². The molecule has 26 heavy (non-hydrogen) atoms. The lowest BCUT2D eigenvalue weighted by Crippen LogP contribution is -2.15. The number of alkyl halides is 3. The van der Waals surface area contributed by atoms with Gasteiger partial charge in [0.15, 0.2) is 0 Å². The molecule has 0 radical (unpaired) electrons. The van der Waals surface area contributed by atoms with Crippen LogP contribution in [0, 0.1) is 10.1 Å². The van der Waals surface area contributed by atoms with E-state index in [1.807, 2.05) is 0 Å². The lowest BCUT2D eigenvalue weighted by molar-refractivity contribution is -0.384. The van der Waals surface area contributed by atoms with Gasteiger partial charge in [-0.1, -0.05) is 23.2 Å². The molecule has 2 aromatic rings. The molecule has 0 atom stereocenters. The molecule has 0 saturated carbocycles. The molecule has 0 bridgehead atoms. The molecule has 0 fully saturated rings. The van der Waals surface area contributed by atoms with E-state index in [9.17, 15) is 28.1 Å². The largest absolute Gasteiger partial charge is 0.461 e. The summed E-state index contributed by atoms with van der Waals surface area (Å²) in [6.07, 6.45) is -4.78.